The Balaban J connectivity index is 2.49. The Morgan fingerprint density at radius 3 is 2.86 bits per heavy atom. The van der Waals surface area contributed by atoms with Crippen LogP contribution in [0.1, 0.15) is 12.0 Å². The van der Waals surface area contributed by atoms with E-state index in [2.05, 4.69) is 5.32 Å². The Morgan fingerprint density at radius 1 is 1.50 bits per heavy atom. The third kappa shape index (κ3) is 1.47. The lowest BCUT2D eigenvalue weighted by Gasteiger charge is -2.24. The Kier molecular flexibility index (Phi) is 2.39. The van der Waals surface area contributed by atoms with Crippen molar-refractivity contribution in [2.75, 3.05) is 18.8 Å². The number of aliphatic hydroxyl groups is 1. The van der Waals surface area contributed by atoms with Gasteiger partial charge < -0.3 is 16.2 Å². The summed E-state index contributed by atoms with van der Waals surface area (Å²) >= 11 is 6.03. The van der Waals surface area contributed by atoms with Crippen LogP contribution in [0.3, 0.4) is 0 Å². The Labute approximate surface area is 87.9 Å². The van der Waals surface area contributed by atoms with Crippen molar-refractivity contribution in [3.05, 3.63) is 28.8 Å². The van der Waals surface area contributed by atoms with Crippen LogP contribution in [-0.2, 0) is 5.60 Å². The average molecular weight is 213 g/mol. The lowest BCUT2D eigenvalue weighted by molar-refractivity contribution is 0.0596. The lowest BCUT2D eigenvalue weighted by atomic mass is 9.91. The molecule has 1 unspecified atom stereocenters. The van der Waals surface area contributed by atoms with E-state index >= 15 is 0 Å². The number of hydrogen-bond donors (Lipinski definition) is 3. The van der Waals surface area contributed by atoms with E-state index in [0.717, 1.165) is 6.54 Å². The maximum atomic E-state index is 10.3. The Morgan fingerprint density at radius 2 is 2.29 bits per heavy atom. The first-order chi connectivity index (χ1) is 6.63. The molecule has 0 saturated carbocycles. The van der Waals surface area contributed by atoms with Crippen LogP contribution in [0.15, 0.2) is 18.2 Å². The summed E-state index contributed by atoms with van der Waals surface area (Å²) < 4.78 is 0. The molecule has 1 aliphatic rings. The van der Waals surface area contributed by atoms with E-state index in [0.29, 0.717) is 29.2 Å². The van der Waals surface area contributed by atoms with E-state index in [1.54, 1.807) is 18.2 Å². The zero-order valence-electron chi connectivity index (χ0n) is 7.76. The summed E-state index contributed by atoms with van der Waals surface area (Å²) in [6.07, 6.45) is 0.654. The van der Waals surface area contributed by atoms with Gasteiger partial charge in [-0.2, -0.15) is 0 Å². The van der Waals surface area contributed by atoms with Crippen molar-refractivity contribution in [1.82, 2.24) is 5.32 Å². The quantitative estimate of drug-likeness (QED) is 0.612. The molecule has 3 nitrogen and oxygen atoms in total. The molecule has 1 saturated heterocycles. The van der Waals surface area contributed by atoms with Gasteiger partial charge in [0, 0.05) is 22.8 Å². The van der Waals surface area contributed by atoms with Crippen molar-refractivity contribution in [2.45, 2.75) is 12.0 Å². The predicted octanol–water partition coefficient (Wildman–Crippen LogP) is 1.10. The molecule has 1 fully saturated rings. The van der Waals surface area contributed by atoms with Gasteiger partial charge in [-0.25, -0.2) is 0 Å². The molecule has 76 valence electrons. The predicted molar refractivity (Wildman–Crippen MR) is 57.2 cm³/mol. The zero-order chi connectivity index (χ0) is 10.2. The summed E-state index contributed by atoms with van der Waals surface area (Å²) in [5.41, 5.74) is 6.13. The van der Waals surface area contributed by atoms with Gasteiger partial charge in [-0.05, 0) is 25.1 Å². The number of nitrogens with two attached hydrogens (primary N) is 1. The minimum Gasteiger partial charge on any atom is -0.398 e. The molecule has 4 heteroatoms. The Hall–Kier alpha value is -0.770. The van der Waals surface area contributed by atoms with Gasteiger partial charge in [-0.1, -0.05) is 17.7 Å². The molecule has 0 aliphatic carbocycles. The smallest absolute Gasteiger partial charge is 0.107 e. The second-order valence-corrected chi connectivity index (χ2v) is 4.07. The summed E-state index contributed by atoms with van der Waals surface area (Å²) in [7, 11) is 0. The van der Waals surface area contributed by atoms with Crippen LogP contribution in [0.25, 0.3) is 0 Å². The molecule has 1 heterocycles. The molecule has 4 N–H and O–H groups in total. The number of anilines is 1. The number of nitrogens with one attached hydrogen (secondary N) is 1. The first-order valence-corrected chi connectivity index (χ1v) is 4.99. The van der Waals surface area contributed by atoms with Gasteiger partial charge in [0.25, 0.3) is 0 Å². The largest absolute Gasteiger partial charge is 0.398 e. The van der Waals surface area contributed by atoms with Crippen LogP contribution in [0, 0.1) is 0 Å². The summed E-state index contributed by atoms with van der Waals surface area (Å²) in [5, 5.41) is 13.9. The van der Waals surface area contributed by atoms with Crippen molar-refractivity contribution in [3.8, 4) is 0 Å². The van der Waals surface area contributed by atoms with E-state index in [4.69, 9.17) is 17.3 Å². The second-order valence-electron chi connectivity index (χ2n) is 3.66. The fourth-order valence-corrected chi connectivity index (χ4v) is 2.28. The van der Waals surface area contributed by atoms with Crippen LogP contribution in [0.4, 0.5) is 5.69 Å². The number of benzene rings is 1. The maximum absolute atomic E-state index is 10.3. The molecule has 0 spiro atoms. The van der Waals surface area contributed by atoms with Gasteiger partial charge in [0.05, 0.1) is 0 Å². The van der Waals surface area contributed by atoms with Crippen molar-refractivity contribution in [3.63, 3.8) is 0 Å². The van der Waals surface area contributed by atoms with Crippen molar-refractivity contribution in [2.24, 2.45) is 0 Å². The van der Waals surface area contributed by atoms with E-state index in [-0.39, 0.29) is 0 Å². The summed E-state index contributed by atoms with van der Waals surface area (Å²) in [6.45, 7) is 1.31. The summed E-state index contributed by atoms with van der Waals surface area (Å²) in [5.74, 6) is 0. The van der Waals surface area contributed by atoms with E-state index in [1.165, 1.54) is 0 Å². The number of hydrogen-bond acceptors (Lipinski definition) is 3. The van der Waals surface area contributed by atoms with Gasteiger partial charge in [0.1, 0.15) is 5.60 Å². The van der Waals surface area contributed by atoms with Crippen LogP contribution in [0.2, 0.25) is 5.02 Å². The monoisotopic (exact) mass is 212 g/mol. The average Bonchev–Trinajstić information content (AvgIpc) is 2.52. The first-order valence-electron chi connectivity index (χ1n) is 4.61. The first kappa shape index (κ1) is 9.77. The van der Waals surface area contributed by atoms with Crippen LogP contribution < -0.4 is 11.1 Å². The number of rotatable bonds is 1. The van der Waals surface area contributed by atoms with E-state index < -0.39 is 5.60 Å². The van der Waals surface area contributed by atoms with Crippen molar-refractivity contribution in [1.29, 1.82) is 0 Å². The highest BCUT2D eigenvalue weighted by molar-refractivity contribution is 6.31. The topological polar surface area (TPSA) is 58.3 Å². The highest BCUT2D eigenvalue weighted by Gasteiger charge is 2.36. The molecule has 1 aliphatic heterocycles. The molecule has 0 aromatic heterocycles. The van der Waals surface area contributed by atoms with Gasteiger partial charge in [0.15, 0.2) is 0 Å². The third-order valence-corrected chi connectivity index (χ3v) is 2.96. The molecular formula is C10H13ClN2O. The normalized spacial score (nSPS) is 26.7. The maximum Gasteiger partial charge on any atom is 0.107 e. The van der Waals surface area contributed by atoms with E-state index in [9.17, 15) is 5.11 Å². The fraction of sp³-hybridized carbons (Fsp3) is 0.400. The number of β-amino-alcohol motifs (C(OH)–C–C–N with tert-alkyl or cyclic N) is 1. The van der Waals surface area contributed by atoms with Crippen LogP contribution >= 0.6 is 11.6 Å². The summed E-state index contributed by atoms with van der Waals surface area (Å²) in [4.78, 5) is 0. The fourth-order valence-electron chi connectivity index (χ4n) is 1.92. The van der Waals surface area contributed by atoms with Gasteiger partial charge in [-0.3, -0.25) is 0 Å². The molecule has 0 bridgehead atoms. The van der Waals surface area contributed by atoms with Gasteiger partial charge in [-0.15, -0.1) is 0 Å². The second kappa shape index (κ2) is 3.42. The van der Waals surface area contributed by atoms with Crippen molar-refractivity contribution >= 4 is 17.3 Å². The van der Waals surface area contributed by atoms with Crippen molar-refractivity contribution < 1.29 is 5.11 Å². The highest BCUT2D eigenvalue weighted by Crippen LogP contribution is 2.36. The highest BCUT2D eigenvalue weighted by atomic mass is 35.5. The van der Waals surface area contributed by atoms with Crippen LogP contribution in [0.5, 0.6) is 0 Å². The summed E-state index contributed by atoms with van der Waals surface area (Å²) in [6, 6.07) is 5.30. The third-order valence-electron chi connectivity index (χ3n) is 2.64. The number of nitrogen functional groups attached to an aromatic ring is 1. The molecule has 1 atom stereocenters. The molecule has 0 radical (unpaired) electrons. The molecule has 2 rings (SSSR count). The number of halogens is 1. The lowest BCUT2D eigenvalue weighted by Crippen LogP contribution is -2.29. The molecular weight excluding hydrogens is 200 g/mol. The molecule has 0 amide bonds. The SMILES string of the molecule is Nc1cccc(Cl)c1C1(O)CCNC1. The molecule has 1 aromatic carbocycles. The minimum atomic E-state index is -0.900. The standard InChI is InChI=1S/C10H13ClN2O/c11-7-2-1-3-8(12)9(7)10(14)4-5-13-6-10/h1-3,13-14H,4-6,12H2. The molecule has 14 heavy (non-hydrogen) atoms. The van der Waals surface area contributed by atoms with E-state index in [1.807, 2.05) is 0 Å². The van der Waals surface area contributed by atoms with Gasteiger partial charge >= 0.3 is 0 Å². The Bertz CT molecular complexity index is 328. The van der Waals surface area contributed by atoms with Gasteiger partial charge in [0.2, 0.25) is 0 Å². The van der Waals surface area contributed by atoms with Crippen LogP contribution in [-0.4, -0.2) is 18.2 Å². The zero-order valence-corrected chi connectivity index (χ0v) is 8.51. The minimum absolute atomic E-state index is 0.515. The molecule has 1 aromatic rings.